The predicted octanol–water partition coefficient (Wildman–Crippen LogP) is 4.43. The minimum Gasteiger partial charge on any atom is -0.440 e. The van der Waals surface area contributed by atoms with Crippen LogP contribution >= 0.6 is 0 Å². The quantitative estimate of drug-likeness (QED) is 0.582. The molecule has 0 atom stereocenters. The van der Waals surface area contributed by atoms with Crippen molar-refractivity contribution >= 4 is 34.5 Å². The highest BCUT2D eigenvalue weighted by Gasteiger charge is 2.40. The van der Waals surface area contributed by atoms with Crippen molar-refractivity contribution in [3.63, 3.8) is 0 Å². The highest BCUT2D eigenvalue weighted by Crippen LogP contribution is 2.24. The molecule has 7 heteroatoms. The second-order valence-corrected chi connectivity index (χ2v) is 21.3. The lowest BCUT2D eigenvalue weighted by atomic mass is 10.4. The van der Waals surface area contributed by atoms with Crippen molar-refractivity contribution in [1.29, 1.82) is 0 Å². The van der Waals surface area contributed by atoms with Gasteiger partial charge in [0, 0.05) is 0 Å². The van der Waals surface area contributed by atoms with Crippen LogP contribution in [0, 0.1) is 0 Å². The fraction of sp³-hybridized carbons (Fsp3) is 1.00. The molecule has 0 aromatic rings. The summed E-state index contributed by atoms with van der Waals surface area (Å²) in [5.41, 5.74) is 0. The van der Waals surface area contributed by atoms with Crippen LogP contribution in [0.3, 0.4) is 0 Å². The molecule has 0 N–H and O–H groups in total. The molecule has 116 valence electrons. The summed E-state index contributed by atoms with van der Waals surface area (Å²) in [5.74, 6) is 0. The second kappa shape index (κ2) is 7.67. The van der Waals surface area contributed by atoms with Gasteiger partial charge >= 0.3 is 17.1 Å². The molecule has 0 spiro atoms. The molecule has 0 heterocycles. The van der Waals surface area contributed by atoms with Crippen LogP contribution in [-0.2, 0) is 12.3 Å². The molecule has 0 bridgehead atoms. The zero-order chi connectivity index (χ0) is 15.3. The first-order valence-corrected chi connectivity index (χ1v) is 19.0. The van der Waals surface area contributed by atoms with Crippen LogP contribution in [0.1, 0.15) is 19.8 Å². The Morgan fingerprint density at radius 1 is 0.842 bits per heavy atom. The summed E-state index contributed by atoms with van der Waals surface area (Å²) < 4.78 is 18.9. The van der Waals surface area contributed by atoms with Crippen molar-refractivity contribution in [2.45, 2.75) is 78.2 Å². The number of hydrogen-bond donors (Lipinski definition) is 0. The average Bonchev–Trinajstić information content (AvgIpc) is 2.08. The molecule has 0 aliphatic carbocycles. The topological polar surface area (TPSA) is 27.7 Å². The maximum Gasteiger partial charge on any atom is 0.312 e. The SMILES string of the molecule is CCCC[Si](C)(C)O[Si](C)(C)O[Si](C)(C)O[SiH](C)C. The minimum atomic E-state index is -2.07. The summed E-state index contributed by atoms with van der Waals surface area (Å²) in [7, 11) is -6.71. The van der Waals surface area contributed by atoms with E-state index in [0.717, 1.165) is 0 Å². The molecule has 0 aromatic carbocycles. The third-order valence-corrected chi connectivity index (χ3v) is 16.5. The van der Waals surface area contributed by atoms with Crippen molar-refractivity contribution in [3.05, 3.63) is 0 Å². The van der Waals surface area contributed by atoms with E-state index in [2.05, 4.69) is 59.3 Å². The molecule has 0 rings (SSSR count). The fourth-order valence-electron chi connectivity index (χ4n) is 2.52. The van der Waals surface area contributed by atoms with Crippen molar-refractivity contribution < 1.29 is 12.3 Å². The van der Waals surface area contributed by atoms with Crippen LogP contribution in [0.5, 0.6) is 0 Å². The summed E-state index contributed by atoms with van der Waals surface area (Å²) in [6, 6.07) is 1.23. The summed E-state index contributed by atoms with van der Waals surface area (Å²) in [6.45, 7) is 19.9. The molecule has 0 aliphatic heterocycles. The van der Waals surface area contributed by atoms with E-state index in [1.807, 2.05) is 0 Å². The Bertz CT molecular complexity index is 268. The molecule has 19 heavy (non-hydrogen) atoms. The van der Waals surface area contributed by atoms with Crippen LogP contribution in [0.15, 0.2) is 0 Å². The van der Waals surface area contributed by atoms with E-state index in [0.29, 0.717) is 0 Å². The molecule has 0 amide bonds. The van der Waals surface area contributed by atoms with Gasteiger partial charge in [0.15, 0.2) is 17.4 Å². The van der Waals surface area contributed by atoms with E-state index in [1.54, 1.807) is 0 Å². The smallest absolute Gasteiger partial charge is 0.312 e. The van der Waals surface area contributed by atoms with Gasteiger partial charge in [0.05, 0.1) is 0 Å². The van der Waals surface area contributed by atoms with Gasteiger partial charge in [-0.1, -0.05) is 19.8 Å². The lowest BCUT2D eigenvalue weighted by Crippen LogP contribution is -2.54. The Morgan fingerprint density at radius 2 is 1.37 bits per heavy atom. The summed E-state index contributed by atoms with van der Waals surface area (Å²) in [4.78, 5) is 0. The first-order valence-electron chi connectivity index (χ1n) is 7.47. The third kappa shape index (κ3) is 10.2. The molecule has 0 aliphatic rings. The number of unbranched alkanes of at least 4 members (excludes halogenated alkanes) is 1. The molecule has 3 nitrogen and oxygen atoms in total. The van der Waals surface area contributed by atoms with Crippen LogP contribution in [0.4, 0.5) is 0 Å². The van der Waals surface area contributed by atoms with Gasteiger partial charge in [-0.25, -0.2) is 0 Å². The molecule has 0 fully saturated rings. The standard InChI is InChI=1S/C12H34O3Si4/c1-10-11-12-17(4,5)14-19(8,9)15-18(6,7)13-16(2)3/h16H,10-12H2,1-9H3. The van der Waals surface area contributed by atoms with Gasteiger partial charge < -0.3 is 12.3 Å². The van der Waals surface area contributed by atoms with E-state index in [4.69, 9.17) is 12.3 Å². The van der Waals surface area contributed by atoms with E-state index in [9.17, 15) is 0 Å². The Kier molecular flexibility index (Phi) is 7.97. The van der Waals surface area contributed by atoms with Gasteiger partial charge in [-0.05, 0) is 58.4 Å². The Balaban J connectivity index is 4.53. The van der Waals surface area contributed by atoms with Gasteiger partial charge in [-0.3, -0.25) is 0 Å². The lowest BCUT2D eigenvalue weighted by Gasteiger charge is -2.38. The van der Waals surface area contributed by atoms with Crippen LogP contribution in [0.25, 0.3) is 0 Å². The van der Waals surface area contributed by atoms with Crippen LogP contribution in [-0.4, -0.2) is 34.5 Å². The Hall–Kier alpha value is 0.748. The zero-order valence-corrected chi connectivity index (χ0v) is 18.6. The van der Waals surface area contributed by atoms with Gasteiger partial charge in [-0.2, -0.15) is 0 Å². The van der Waals surface area contributed by atoms with Crippen molar-refractivity contribution in [1.82, 2.24) is 0 Å². The van der Waals surface area contributed by atoms with Gasteiger partial charge in [0.1, 0.15) is 0 Å². The molecule has 0 aromatic heterocycles. The highest BCUT2D eigenvalue weighted by molar-refractivity contribution is 6.87. The fourth-order valence-corrected chi connectivity index (χ4v) is 19.9. The molecule has 0 saturated carbocycles. The first-order chi connectivity index (χ1) is 8.39. The van der Waals surface area contributed by atoms with E-state index in [1.165, 1.54) is 18.9 Å². The maximum atomic E-state index is 6.47. The summed E-state index contributed by atoms with van der Waals surface area (Å²) in [5, 5.41) is 0. The molecule has 0 radical (unpaired) electrons. The molecule has 0 unspecified atom stereocenters. The number of rotatable bonds is 9. The molecular weight excluding hydrogens is 304 g/mol. The molecular formula is C12H34O3Si4. The largest absolute Gasteiger partial charge is 0.440 e. The van der Waals surface area contributed by atoms with E-state index >= 15 is 0 Å². The van der Waals surface area contributed by atoms with Crippen molar-refractivity contribution in [3.8, 4) is 0 Å². The zero-order valence-electron chi connectivity index (χ0n) is 14.4. The van der Waals surface area contributed by atoms with Gasteiger partial charge in [0.2, 0.25) is 0 Å². The average molecular weight is 339 g/mol. The summed E-state index contributed by atoms with van der Waals surface area (Å²) >= 11 is 0. The van der Waals surface area contributed by atoms with Crippen LogP contribution < -0.4 is 0 Å². The second-order valence-electron chi connectivity index (χ2n) is 7.03. The highest BCUT2D eigenvalue weighted by atomic mass is 28.5. The van der Waals surface area contributed by atoms with Crippen molar-refractivity contribution in [2.75, 3.05) is 0 Å². The Labute approximate surface area is 125 Å². The van der Waals surface area contributed by atoms with E-state index < -0.39 is 34.5 Å². The first kappa shape index (κ1) is 19.7. The van der Waals surface area contributed by atoms with Crippen molar-refractivity contribution in [2.24, 2.45) is 0 Å². The van der Waals surface area contributed by atoms with Gasteiger partial charge in [0.25, 0.3) is 0 Å². The predicted molar refractivity (Wildman–Crippen MR) is 94.3 cm³/mol. The maximum absolute atomic E-state index is 6.47. The minimum absolute atomic E-state index is 1.04. The normalized spacial score (nSPS) is 14.2. The third-order valence-electron chi connectivity index (χ3n) is 2.67. The van der Waals surface area contributed by atoms with E-state index in [-0.39, 0.29) is 0 Å². The lowest BCUT2D eigenvalue weighted by molar-refractivity contribution is 0.333. The summed E-state index contributed by atoms with van der Waals surface area (Å²) in [6.07, 6.45) is 2.50. The molecule has 0 saturated heterocycles. The monoisotopic (exact) mass is 338 g/mol. The number of hydrogen-bond acceptors (Lipinski definition) is 3. The Morgan fingerprint density at radius 3 is 1.79 bits per heavy atom. The van der Waals surface area contributed by atoms with Crippen LogP contribution in [0.2, 0.25) is 58.4 Å². The van der Waals surface area contributed by atoms with Gasteiger partial charge in [-0.15, -0.1) is 0 Å².